The maximum Gasteiger partial charge on any atom is 0.341 e. The third-order valence-electron chi connectivity index (χ3n) is 2.29. The highest BCUT2D eigenvalue weighted by molar-refractivity contribution is 5.94. The molecule has 94 valence electrons. The van der Waals surface area contributed by atoms with Crippen LogP contribution in [0.4, 0.5) is 5.82 Å². The molecule has 0 aliphatic heterocycles. The Balaban J connectivity index is 3.08. The van der Waals surface area contributed by atoms with Crippen molar-refractivity contribution in [1.82, 2.24) is 4.98 Å². The SMILES string of the molecule is COC(=O)c1cc(C(O)C(O)CN)cnc1N. The second-order valence-corrected chi connectivity index (χ2v) is 3.44. The molecular weight excluding hydrogens is 226 g/mol. The Morgan fingerprint density at radius 2 is 2.24 bits per heavy atom. The molecule has 1 heterocycles. The van der Waals surface area contributed by atoms with Gasteiger partial charge in [0.05, 0.1) is 13.2 Å². The lowest BCUT2D eigenvalue weighted by molar-refractivity contribution is 0.0240. The lowest BCUT2D eigenvalue weighted by Gasteiger charge is -2.16. The zero-order chi connectivity index (χ0) is 13.0. The second-order valence-electron chi connectivity index (χ2n) is 3.44. The maximum absolute atomic E-state index is 11.3. The number of aliphatic hydroxyl groups excluding tert-OH is 2. The number of aliphatic hydroxyl groups is 2. The van der Waals surface area contributed by atoms with Gasteiger partial charge in [0.2, 0.25) is 0 Å². The Hall–Kier alpha value is -1.70. The van der Waals surface area contributed by atoms with Crippen molar-refractivity contribution < 1.29 is 19.7 Å². The molecule has 0 aliphatic rings. The van der Waals surface area contributed by atoms with E-state index in [1.807, 2.05) is 0 Å². The van der Waals surface area contributed by atoms with Crippen LogP contribution >= 0.6 is 0 Å². The molecule has 0 saturated carbocycles. The van der Waals surface area contributed by atoms with Crippen molar-refractivity contribution in [3.8, 4) is 0 Å². The molecule has 0 radical (unpaired) electrons. The van der Waals surface area contributed by atoms with Crippen molar-refractivity contribution in [1.29, 1.82) is 0 Å². The Kier molecular flexibility index (Phi) is 4.38. The van der Waals surface area contributed by atoms with Crippen LogP contribution in [0.3, 0.4) is 0 Å². The normalized spacial score (nSPS) is 14.1. The fourth-order valence-electron chi connectivity index (χ4n) is 1.28. The first kappa shape index (κ1) is 13.4. The van der Waals surface area contributed by atoms with Gasteiger partial charge < -0.3 is 26.4 Å². The van der Waals surface area contributed by atoms with E-state index >= 15 is 0 Å². The zero-order valence-electron chi connectivity index (χ0n) is 9.33. The fourth-order valence-corrected chi connectivity index (χ4v) is 1.28. The number of nitrogens with two attached hydrogens (primary N) is 2. The van der Waals surface area contributed by atoms with E-state index in [0.29, 0.717) is 0 Å². The number of pyridine rings is 1. The summed E-state index contributed by atoms with van der Waals surface area (Å²) in [6.45, 7) is -0.112. The Morgan fingerprint density at radius 1 is 1.59 bits per heavy atom. The number of carbonyl (C=O) groups is 1. The summed E-state index contributed by atoms with van der Waals surface area (Å²) in [5.41, 5.74) is 11.0. The minimum Gasteiger partial charge on any atom is -0.465 e. The highest BCUT2D eigenvalue weighted by Gasteiger charge is 2.20. The van der Waals surface area contributed by atoms with E-state index in [1.54, 1.807) is 0 Å². The van der Waals surface area contributed by atoms with Crippen molar-refractivity contribution in [2.75, 3.05) is 19.4 Å². The number of hydrogen-bond donors (Lipinski definition) is 4. The first-order valence-corrected chi connectivity index (χ1v) is 4.91. The molecule has 7 heteroatoms. The minimum absolute atomic E-state index is 0.00459. The number of carbonyl (C=O) groups excluding carboxylic acids is 1. The van der Waals surface area contributed by atoms with Gasteiger partial charge in [0.1, 0.15) is 17.5 Å². The minimum atomic E-state index is -1.23. The first-order chi connectivity index (χ1) is 8.01. The van der Waals surface area contributed by atoms with Crippen molar-refractivity contribution in [3.05, 3.63) is 23.4 Å². The summed E-state index contributed by atoms with van der Waals surface area (Å²) in [6, 6.07) is 1.32. The number of aromatic nitrogens is 1. The van der Waals surface area contributed by atoms with Crippen LogP contribution in [0, 0.1) is 0 Å². The standard InChI is InChI=1S/C10H15N3O4/c1-17-10(16)6-2-5(4-13-9(6)12)8(15)7(14)3-11/h2,4,7-8,14-15H,3,11H2,1H3,(H2,12,13). The molecule has 1 rings (SSSR count). The number of esters is 1. The molecule has 0 aliphatic carbocycles. The van der Waals surface area contributed by atoms with Gasteiger partial charge in [-0.15, -0.1) is 0 Å². The van der Waals surface area contributed by atoms with Gasteiger partial charge in [-0.1, -0.05) is 0 Å². The van der Waals surface area contributed by atoms with Crippen molar-refractivity contribution >= 4 is 11.8 Å². The van der Waals surface area contributed by atoms with Crippen molar-refractivity contribution in [2.24, 2.45) is 5.73 Å². The molecule has 0 amide bonds. The predicted octanol–water partition coefficient (Wildman–Crippen LogP) is -1.20. The van der Waals surface area contributed by atoms with Gasteiger partial charge in [-0.2, -0.15) is 0 Å². The van der Waals surface area contributed by atoms with Crippen LogP contribution in [0.1, 0.15) is 22.0 Å². The van der Waals surface area contributed by atoms with Gasteiger partial charge >= 0.3 is 5.97 Å². The molecule has 0 bridgehead atoms. The van der Waals surface area contributed by atoms with E-state index in [-0.39, 0.29) is 23.5 Å². The molecule has 7 nitrogen and oxygen atoms in total. The number of ether oxygens (including phenoxy) is 1. The molecule has 0 fully saturated rings. The molecule has 1 aromatic heterocycles. The van der Waals surface area contributed by atoms with Gasteiger partial charge in [-0.05, 0) is 6.07 Å². The van der Waals surface area contributed by atoms with Crippen LogP contribution < -0.4 is 11.5 Å². The first-order valence-electron chi connectivity index (χ1n) is 4.91. The van der Waals surface area contributed by atoms with E-state index in [9.17, 15) is 15.0 Å². The zero-order valence-corrected chi connectivity index (χ0v) is 9.33. The van der Waals surface area contributed by atoms with Crippen LogP contribution in [0.15, 0.2) is 12.3 Å². The highest BCUT2D eigenvalue weighted by atomic mass is 16.5. The number of nitrogen functional groups attached to an aromatic ring is 1. The van der Waals surface area contributed by atoms with Gasteiger partial charge in [-0.25, -0.2) is 9.78 Å². The van der Waals surface area contributed by atoms with E-state index in [2.05, 4.69) is 9.72 Å². The Morgan fingerprint density at radius 3 is 2.76 bits per heavy atom. The summed E-state index contributed by atoms with van der Waals surface area (Å²) >= 11 is 0. The third kappa shape index (κ3) is 2.90. The largest absolute Gasteiger partial charge is 0.465 e. The summed E-state index contributed by atoms with van der Waals surface area (Å²) < 4.78 is 4.51. The second kappa shape index (κ2) is 5.58. The third-order valence-corrected chi connectivity index (χ3v) is 2.29. The smallest absolute Gasteiger partial charge is 0.341 e. The number of methoxy groups -OCH3 is 1. The molecule has 0 spiro atoms. The van der Waals surface area contributed by atoms with Crippen LogP contribution in [-0.2, 0) is 4.74 Å². The van der Waals surface area contributed by atoms with E-state index in [1.165, 1.54) is 19.4 Å². The summed E-state index contributed by atoms with van der Waals surface area (Å²) in [6.07, 6.45) is -1.09. The van der Waals surface area contributed by atoms with Crippen molar-refractivity contribution in [2.45, 2.75) is 12.2 Å². The average Bonchev–Trinajstić information content (AvgIpc) is 2.36. The molecule has 0 aromatic carbocycles. The van der Waals surface area contributed by atoms with Gasteiger partial charge in [0.25, 0.3) is 0 Å². The molecule has 17 heavy (non-hydrogen) atoms. The Labute approximate surface area is 98.0 Å². The van der Waals surface area contributed by atoms with E-state index in [0.717, 1.165) is 0 Å². The molecular formula is C10H15N3O4. The number of anilines is 1. The summed E-state index contributed by atoms with van der Waals surface area (Å²) in [7, 11) is 1.21. The highest BCUT2D eigenvalue weighted by Crippen LogP contribution is 2.20. The molecule has 0 saturated heterocycles. The van der Waals surface area contributed by atoms with Crippen molar-refractivity contribution in [3.63, 3.8) is 0 Å². The van der Waals surface area contributed by atoms with E-state index < -0.39 is 18.2 Å². The van der Waals surface area contributed by atoms with E-state index in [4.69, 9.17) is 11.5 Å². The summed E-state index contributed by atoms with van der Waals surface area (Å²) in [5.74, 6) is -0.665. The van der Waals surface area contributed by atoms with Crippen LogP contribution in [0.25, 0.3) is 0 Å². The maximum atomic E-state index is 11.3. The lowest BCUT2D eigenvalue weighted by atomic mass is 10.0. The monoisotopic (exact) mass is 241 g/mol. The number of hydrogen-bond acceptors (Lipinski definition) is 7. The summed E-state index contributed by atoms with van der Waals surface area (Å²) in [5, 5.41) is 19.1. The molecule has 1 aromatic rings. The Bertz CT molecular complexity index is 411. The topological polar surface area (TPSA) is 132 Å². The number of nitrogens with zero attached hydrogens (tertiary/aromatic N) is 1. The molecule has 2 unspecified atom stereocenters. The van der Waals surface area contributed by atoms with Gasteiger partial charge in [0, 0.05) is 18.3 Å². The van der Waals surface area contributed by atoms with Gasteiger partial charge in [-0.3, -0.25) is 0 Å². The quantitative estimate of drug-likeness (QED) is 0.487. The van der Waals surface area contributed by atoms with Crippen LogP contribution in [0.5, 0.6) is 0 Å². The molecule has 2 atom stereocenters. The summed E-state index contributed by atoms with van der Waals surface area (Å²) in [4.78, 5) is 15.1. The average molecular weight is 241 g/mol. The van der Waals surface area contributed by atoms with Gasteiger partial charge in [0.15, 0.2) is 0 Å². The van der Waals surface area contributed by atoms with Crippen LogP contribution in [0.2, 0.25) is 0 Å². The fraction of sp³-hybridized carbons (Fsp3) is 0.400. The van der Waals surface area contributed by atoms with Crippen LogP contribution in [-0.4, -0.2) is 40.9 Å². The molecule has 6 N–H and O–H groups in total. The predicted molar refractivity (Wildman–Crippen MR) is 60.0 cm³/mol. The lowest BCUT2D eigenvalue weighted by Crippen LogP contribution is -2.27. The number of rotatable bonds is 4.